The molecule has 7 nitrogen and oxygen atoms in total. The monoisotopic (exact) mass is 396 g/mol. The number of hydrogen-bond acceptors (Lipinski definition) is 6. The molecule has 1 rings (SSSR count). The quantitative estimate of drug-likeness (QED) is 0.299. The van der Waals surface area contributed by atoms with Crippen LogP contribution in [0.3, 0.4) is 0 Å². The molecule has 160 valence electrons. The third kappa shape index (κ3) is 9.90. The first kappa shape index (κ1) is 24.2. The molecule has 28 heavy (non-hydrogen) atoms. The molecule has 0 radical (unpaired) electrons. The molecule has 0 spiro atoms. The van der Waals surface area contributed by atoms with Crippen LogP contribution in [-0.2, 0) is 19.0 Å². The van der Waals surface area contributed by atoms with Crippen molar-refractivity contribution in [2.75, 3.05) is 20.2 Å². The topological polar surface area (TPSA) is 85.9 Å². The summed E-state index contributed by atoms with van der Waals surface area (Å²) in [6, 6.07) is -0.228. The molecule has 0 heterocycles. The maximum absolute atomic E-state index is 11.9. The van der Waals surface area contributed by atoms with Crippen LogP contribution >= 0.6 is 0 Å². The molecule has 1 aliphatic carbocycles. The fourth-order valence-electron chi connectivity index (χ4n) is 2.97. The van der Waals surface area contributed by atoms with Crippen molar-refractivity contribution in [3.8, 4) is 0 Å². The number of nitrogens with one attached hydrogen (secondary N) is 2. The molecule has 0 saturated carbocycles. The lowest BCUT2D eigenvalue weighted by atomic mass is 9.93. The Morgan fingerprint density at radius 1 is 1.18 bits per heavy atom. The molecule has 0 aromatic rings. The second-order valence-electron chi connectivity index (χ2n) is 7.33. The summed E-state index contributed by atoms with van der Waals surface area (Å²) in [5, 5.41) is 5.76. The van der Waals surface area contributed by atoms with Crippen LogP contribution in [0.1, 0.15) is 53.4 Å². The second-order valence-corrected chi connectivity index (χ2v) is 7.33. The van der Waals surface area contributed by atoms with Crippen molar-refractivity contribution in [2.24, 2.45) is 5.92 Å². The van der Waals surface area contributed by atoms with Gasteiger partial charge in [-0.25, -0.2) is 4.79 Å². The van der Waals surface area contributed by atoms with E-state index in [9.17, 15) is 9.59 Å². The highest BCUT2D eigenvalue weighted by molar-refractivity contribution is 5.70. The van der Waals surface area contributed by atoms with Crippen molar-refractivity contribution in [1.29, 1.82) is 0 Å². The average molecular weight is 397 g/mol. The molecule has 0 bridgehead atoms. The minimum absolute atomic E-state index is 0.0123. The molecule has 1 aliphatic rings. The summed E-state index contributed by atoms with van der Waals surface area (Å²) in [7, 11) is 1.90. The molecule has 0 saturated heterocycles. The predicted octanol–water partition coefficient (Wildman–Crippen LogP) is 3.31. The first-order valence-corrected chi connectivity index (χ1v) is 10.1. The molecule has 2 N–H and O–H groups in total. The van der Waals surface area contributed by atoms with Gasteiger partial charge in [0.05, 0.1) is 18.8 Å². The van der Waals surface area contributed by atoms with E-state index in [1.165, 1.54) is 6.92 Å². The Labute approximate surface area is 168 Å². The Hall–Kier alpha value is -1.86. The van der Waals surface area contributed by atoms with Gasteiger partial charge in [-0.1, -0.05) is 31.6 Å². The first-order valence-electron chi connectivity index (χ1n) is 10.1. The standard InChI is InChI=1S/C21H36N2O5/c1-15-10-9-11-16(2)20(15)26-14-17(3)23-21(25)28-18(4)27-19(24)12-7-6-8-13-22-5/h9-11,15,17-18,20,22H,6-8,12-14H2,1-5H3,(H,23,25). The van der Waals surface area contributed by atoms with Crippen LogP contribution in [0.4, 0.5) is 4.79 Å². The predicted molar refractivity (Wildman–Crippen MR) is 109 cm³/mol. The summed E-state index contributed by atoms with van der Waals surface area (Å²) in [5.74, 6) is -0.0652. The fraction of sp³-hybridized carbons (Fsp3) is 0.714. The van der Waals surface area contributed by atoms with Gasteiger partial charge in [0.25, 0.3) is 0 Å². The summed E-state index contributed by atoms with van der Waals surface area (Å²) in [6.07, 6.45) is 7.68. The Bertz CT molecular complexity index is 547. The minimum atomic E-state index is -0.924. The SMILES string of the molecule is CNCCCCCC(=O)OC(C)OC(=O)NC(C)COC1C(C)=CC=CC1C. The second kappa shape index (κ2) is 13.3. The van der Waals surface area contributed by atoms with Gasteiger partial charge >= 0.3 is 12.1 Å². The molecule has 1 amide bonds. The van der Waals surface area contributed by atoms with Gasteiger partial charge in [0.2, 0.25) is 6.29 Å². The summed E-state index contributed by atoms with van der Waals surface area (Å²) in [4.78, 5) is 23.7. The smallest absolute Gasteiger partial charge is 0.410 e. The molecule has 0 fully saturated rings. The van der Waals surface area contributed by atoms with Gasteiger partial charge in [-0.05, 0) is 45.9 Å². The van der Waals surface area contributed by atoms with Crippen LogP contribution in [0.5, 0.6) is 0 Å². The van der Waals surface area contributed by atoms with Crippen molar-refractivity contribution in [3.63, 3.8) is 0 Å². The Morgan fingerprint density at radius 3 is 2.61 bits per heavy atom. The normalized spacial score (nSPS) is 20.8. The van der Waals surface area contributed by atoms with Gasteiger partial charge < -0.3 is 24.8 Å². The first-order chi connectivity index (χ1) is 13.3. The van der Waals surface area contributed by atoms with Gasteiger partial charge in [0.15, 0.2) is 0 Å². The van der Waals surface area contributed by atoms with Gasteiger partial charge in [-0.15, -0.1) is 0 Å². The van der Waals surface area contributed by atoms with Crippen molar-refractivity contribution in [1.82, 2.24) is 10.6 Å². The zero-order chi connectivity index (χ0) is 20.9. The van der Waals surface area contributed by atoms with Crippen molar-refractivity contribution in [3.05, 3.63) is 23.8 Å². The van der Waals surface area contributed by atoms with E-state index in [0.717, 1.165) is 31.4 Å². The van der Waals surface area contributed by atoms with Crippen molar-refractivity contribution >= 4 is 12.1 Å². The lowest BCUT2D eigenvalue weighted by Gasteiger charge is -2.27. The third-order valence-corrected chi connectivity index (χ3v) is 4.47. The number of carbonyl (C=O) groups excluding carboxylic acids is 2. The molecular formula is C21H36N2O5. The number of hydrogen-bond donors (Lipinski definition) is 2. The lowest BCUT2D eigenvalue weighted by molar-refractivity contribution is -0.165. The van der Waals surface area contributed by atoms with Crippen LogP contribution in [0.2, 0.25) is 0 Å². The molecule has 0 aromatic heterocycles. The van der Waals surface area contributed by atoms with Crippen LogP contribution < -0.4 is 10.6 Å². The van der Waals surface area contributed by atoms with E-state index in [1.54, 1.807) is 0 Å². The zero-order valence-corrected chi connectivity index (χ0v) is 17.8. The number of ether oxygens (including phenoxy) is 3. The Morgan fingerprint density at radius 2 is 1.93 bits per heavy atom. The lowest BCUT2D eigenvalue weighted by Crippen LogP contribution is -2.40. The van der Waals surface area contributed by atoms with Crippen LogP contribution in [0.25, 0.3) is 0 Å². The van der Waals surface area contributed by atoms with Crippen LogP contribution in [-0.4, -0.2) is 50.7 Å². The molecule has 4 unspecified atom stereocenters. The highest BCUT2D eigenvalue weighted by Gasteiger charge is 2.21. The average Bonchev–Trinajstić information content (AvgIpc) is 2.60. The van der Waals surface area contributed by atoms with Crippen LogP contribution in [0.15, 0.2) is 23.8 Å². The van der Waals surface area contributed by atoms with E-state index in [-0.39, 0.29) is 18.1 Å². The number of unbranched alkanes of at least 4 members (excludes halogenated alkanes) is 2. The van der Waals surface area contributed by atoms with E-state index < -0.39 is 12.4 Å². The summed E-state index contributed by atoms with van der Waals surface area (Å²) in [5.41, 5.74) is 1.16. The molecule has 0 aliphatic heterocycles. The van der Waals surface area contributed by atoms with E-state index in [0.29, 0.717) is 18.9 Å². The van der Waals surface area contributed by atoms with E-state index in [1.807, 2.05) is 33.0 Å². The van der Waals surface area contributed by atoms with Crippen molar-refractivity contribution < 1.29 is 23.8 Å². The maximum Gasteiger partial charge on any atom is 0.410 e. The number of amides is 1. The van der Waals surface area contributed by atoms with Gasteiger partial charge in [0, 0.05) is 19.3 Å². The number of esters is 1. The number of allylic oxidation sites excluding steroid dienone is 2. The van der Waals surface area contributed by atoms with E-state index in [2.05, 4.69) is 23.6 Å². The molecule has 7 heteroatoms. The number of rotatable bonds is 12. The fourth-order valence-corrected chi connectivity index (χ4v) is 2.97. The van der Waals surface area contributed by atoms with Crippen LogP contribution in [0, 0.1) is 5.92 Å². The Balaban J connectivity index is 2.21. The van der Waals surface area contributed by atoms with E-state index in [4.69, 9.17) is 14.2 Å². The zero-order valence-electron chi connectivity index (χ0n) is 17.8. The van der Waals surface area contributed by atoms with Crippen molar-refractivity contribution in [2.45, 2.75) is 71.8 Å². The molecule has 0 aromatic carbocycles. The largest absolute Gasteiger partial charge is 0.425 e. The Kier molecular flexibility index (Phi) is 11.5. The van der Waals surface area contributed by atoms with Gasteiger partial charge in [-0.3, -0.25) is 4.79 Å². The number of carbonyl (C=O) groups is 2. The van der Waals surface area contributed by atoms with E-state index >= 15 is 0 Å². The minimum Gasteiger partial charge on any atom is -0.425 e. The molecule has 4 atom stereocenters. The van der Waals surface area contributed by atoms with Gasteiger partial charge in [-0.2, -0.15) is 0 Å². The summed E-state index contributed by atoms with van der Waals surface area (Å²) >= 11 is 0. The summed E-state index contributed by atoms with van der Waals surface area (Å²) in [6.45, 7) is 8.80. The highest BCUT2D eigenvalue weighted by atomic mass is 16.7. The molecular weight excluding hydrogens is 360 g/mol. The highest BCUT2D eigenvalue weighted by Crippen LogP contribution is 2.21. The van der Waals surface area contributed by atoms with Gasteiger partial charge in [0.1, 0.15) is 0 Å². The third-order valence-electron chi connectivity index (χ3n) is 4.47. The summed E-state index contributed by atoms with van der Waals surface area (Å²) < 4.78 is 16.1. The maximum atomic E-state index is 11.9. The number of alkyl carbamates (subject to hydrolysis) is 1.